The first-order chi connectivity index (χ1) is 12.7. The first-order valence-electron chi connectivity index (χ1n) is 8.37. The van der Waals surface area contributed by atoms with Gasteiger partial charge in [-0.2, -0.15) is 0 Å². The lowest BCUT2D eigenvalue weighted by Gasteiger charge is -2.08. The van der Waals surface area contributed by atoms with Gasteiger partial charge >= 0.3 is 5.97 Å². The zero-order valence-corrected chi connectivity index (χ0v) is 14.5. The van der Waals surface area contributed by atoms with Crippen LogP contribution in [0.5, 0.6) is 5.75 Å². The third-order valence-corrected chi connectivity index (χ3v) is 4.51. The first kappa shape index (κ1) is 16.1. The van der Waals surface area contributed by atoms with Crippen LogP contribution < -0.4 is 4.74 Å². The van der Waals surface area contributed by atoms with Crippen molar-refractivity contribution >= 4 is 11.8 Å². The molecule has 0 saturated heterocycles. The number of ether oxygens (including phenoxy) is 2. The summed E-state index contributed by atoms with van der Waals surface area (Å²) >= 11 is 0. The van der Waals surface area contributed by atoms with E-state index in [9.17, 15) is 9.59 Å². The Hall–Kier alpha value is -3.34. The highest BCUT2D eigenvalue weighted by Gasteiger charge is 2.35. The number of fused-ring (bicyclic) bond motifs is 3. The van der Waals surface area contributed by atoms with E-state index in [1.54, 1.807) is 20.1 Å². The van der Waals surface area contributed by atoms with E-state index < -0.39 is 5.97 Å². The van der Waals surface area contributed by atoms with E-state index in [0.717, 1.165) is 11.1 Å². The van der Waals surface area contributed by atoms with Crippen molar-refractivity contribution in [2.75, 3.05) is 13.7 Å². The average Bonchev–Trinajstić information content (AvgIpc) is 3.19. The van der Waals surface area contributed by atoms with Crippen LogP contribution in [-0.2, 0) is 4.74 Å². The fraction of sp³-hybridized carbons (Fsp3) is 0.143. The van der Waals surface area contributed by atoms with E-state index in [-0.39, 0.29) is 18.1 Å². The highest BCUT2D eigenvalue weighted by molar-refractivity contribution is 6.26. The van der Waals surface area contributed by atoms with Crippen molar-refractivity contribution in [1.82, 2.24) is 4.98 Å². The van der Waals surface area contributed by atoms with E-state index in [1.807, 2.05) is 42.5 Å². The van der Waals surface area contributed by atoms with Crippen LogP contribution in [0.3, 0.4) is 0 Å². The Labute approximate surface area is 150 Å². The van der Waals surface area contributed by atoms with Crippen molar-refractivity contribution < 1.29 is 19.1 Å². The maximum absolute atomic E-state index is 13.0. The van der Waals surface area contributed by atoms with Crippen LogP contribution in [0.15, 0.2) is 48.5 Å². The van der Waals surface area contributed by atoms with Crippen LogP contribution >= 0.6 is 0 Å². The summed E-state index contributed by atoms with van der Waals surface area (Å²) in [6.45, 7) is 2.00. The van der Waals surface area contributed by atoms with Crippen LogP contribution in [0.4, 0.5) is 0 Å². The van der Waals surface area contributed by atoms with Crippen molar-refractivity contribution in [3.8, 4) is 28.1 Å². The molecule has 1 N–H and O–H groups in total. The van der Waals surface area contributed by atoms with E-state index >= 15 is 0 Å². The van der Waals surface area contributed by atoms with E-state index in [1.165, 1.54) is 0 Å². The number of aromatic amines is 1. The van der Waals surface area contributed by atoms with Gasteiger partial charge in [-0.05, 0) is 24.6 Å². The molecular weight excluding hydrogens is 330 g/mol. The maximum Gasteiger partial charge on any atom is 0.355 e. The molecule has 0 aliphatic heterocycles. The van der Waals surface area contributed by atoms with Crippen molar-refractivity contribution in [2.24, 2.45) is 0 Å². The molecule has 0 fully saturated rings. The second kappa shape index (κ2) is 6.19. The number of carbonyl (C=O) groups is 2. The largest absolute Gasteiger partial charge is 0.497 e. The molecule has 1 aromatic heterocycles. The number of esters is 1. The van der Waals surface area contributed by atoms with Crippen LogP contribution in [0, 0.1) is 0 Å². The lowest BCUT2D eigenvalue weighted by atomic mass is 9.98. The molecule has 0 radical (unpaired) electrons. The zero-order chi connectivity index (χ0) is 18.3. The number of benzene rings is 2. The molecule has 0 atom stereocenters. The number of carbonyl (C=O) groups excluding carboxylic acids is 2. The Morgan fingerprint density at radius 1 is 1.04 bits per heavy atom. The van der Waals surface area contributed by atoms with Crippen LogP contribution in [0.2, 0.25) is 0 Å². The van der Waals surface area contributed by atoms with Crippen LogP contribution in [0.1, 0.15) is 33.3 Å². The van der Waals surface area contributed by atoms with Crippen molar-refractivity contribution in [3.05, 3.63) is 65.4 Å². The standard InChI is InChI=1S/C21H17NO4/c1-3-26-21(24)19-16(12-7-6-8-13(11-12)25-2)17-18(22-19)14-9-4-5-10-15(14)20(17)23/h4-11,22H,3H2,1-2H3. The molecule has 3 aromatic rings. The fourth-order valence-electron chi connectivity index (χ4n) is 3.39. The Morgan fingerprint density at radius 2 is 1.81 bits per heavy atom. The quantitative estimate of drug-likeness (QED) is 0.565. The average molecular weight is 347 g/mol. The topological polar surface area (TPSA) is 68.4 Å². The summed E-state index contributed by atoms with van der Waals surface area (Å²) in [6, 6.07) is 14.7. The number of hydrogen-bond acceptors (Lipinski definition) is 4. The molecule has 4 rings (SSSR count). The molecule has 0 bridgehead atoms. The highest BCUT2D eigenvalue weighted by Crippen LogP contribution is 2.44. The van der Waals surface area contributed by atoms with E-state index in [4.69, 9.17) is 9.47 Å². The van der Waals surface area contributed by atoms with Crippen LogP contribution in [0.25, 0.3) is 22.4 Å². The number of nitrogens with one attached hydrogen (secondary N) is 1. The van der Waals surface area contributed by atoms with E-state index in [2.05, 4.69) is 4.98 Å². The molecule has 1 aliphatic carbocycles. The van der Waals surface area contributed by atoms with Gasteiger partial charge in [0.05, 0.1) is 25.0 Å². The van der Waals surface area contributed by atoms with Gasteiger partial charge in [0.2, 0.25) is 0 Å². The number of ketones is 1. The summed E-state index contributed by atoms with van der Waals surface area (Å²) in [5.74, 6) is 0.0699. The Kier molecular flexibility index (Phi) is 3.84. The van der Waals surface area contributed by atoms with Crippen molar-refractivity contribution in [1.29, 1.82) is 0 Å². The number of rotatable bonds is 4. The molecule has 0 unspecified atom stereocenters. The normalized spacial score (nSPS) is 11.8. The monoisotopic (exact) mass is 347 g/mol. The lowest BCUT2D eigenvalue weighted by molar-refractivity contribution is 0.0521. The molecule has 130 valence electrons. The first-order valence-corrected chi connectivity index (χ1v) is 8.37. The smallest absolute Gasteiger partial charge is 0.355 e. The Morgan fingerprint density at radius 3 is 2.54 bits per heavy atom. The summed E-state index contributed by atoms with van der Waals surface area (Å²) in [5, 5.41) is 0. The van der Waals surface area contributed by atoms with Gasteiger partial charge in [0.1, 0.15) is 11.4 Å². The second-order valence-corrected chi connectivity index (χ2v) is 5.95. The van der Waals surface area contributed by atoms with Crippen molar-refractivity contribution in [2.45, 2.75) is 6.92 Å². The minimum absolute atomic E-state index is 0.0970. The molecule has 5 heteroatoms. The molecule has 1 aliphatic rings. The van der Waals surface area contributed by atoms with Gasteiger partial charge in [0, 0.05) is 16.7 Å². The number of methoxy groups -OCH3 is 1. The Balaban J connectivity index is 1.99. The molecule has 0 spiro atoms. The number of aromatic nitrogens is 1. The SMILES string of the molecule is CCOC(=O)c1[nH]c2c(c1-c1cccc(OC)c1)C(=O)c1ccccc1-2. The van der Waals surface area contributed by atoms with Gasteiger partial charge in [-0.15, -0.1) is 0 Å². The fourth-order valence-corrected chi connectivity index (χ4v) is 3.39. The number of H-pyrrole nitrogens is 1. The lowest BCUT2D eigenvalue weighted by Crippen LogP contribution is -2.08. The predicted molar refractivity (Wildman–Crippen MR) is 97.6 cm³/mol. The van der Waals surface area contributed by atoms with Gasteiger partial charge in [0.15, 0.2) is 5.78 Å². The zero-order valence-electron chi connectivity index (χ0n) is 14.5. The molecule has 5 nitrogen and oxygen atoms in total. The van der Waals surface area contributed by atoms with Gasteiger partial charge in [-0.3, -0.25) is 4.79 Å². The predicted octanol–water partition coefficient (Wildman–Crippen LogP) is 4.08. The van der Waals surface area contributed by atoms with Gasteiger partial charge in [-0.25, -0.2) is 4.79 Å². The molecule has 2 aromatic carbocycles. The molecule has 0 amide bonds. The minimum Gasteiger partial charge on any atom is -0.497 e. The third kappa shape index (κ3) is 2.32. The van der Waals surface area contributed by atoms with Gasteiger partial charge < -0.3 is 14.5 Å². The van der Waals surface area contributed by atoms with Gasteiger partial charge in [0.25, 0.3) is 0 Å². The third-order valence-electron chi connectivity index (χ3n) is 4.51. The van der Waals surface area contributed by atoms with E-state index in [0.29, 0.717) is 28.1 Å². The summed E-state index contributed by atoms with van der Waals surface area (Å²) < 4.78 is 10.5. The maximum atomic E-state index is 13.0. The molecule has 1 heterocycles. The molecular formula is C21H17NO4. The van der Waals surface area contributed by atoms with Gasteiger partial charge in [-0.1, -0.05) is 36.4 Å². The summed E-state index contributed by atoms with van der Waals surface area (Å²) in [6.07, 6.45) is 0. The molecule has 0 saturated carbocycles. The number of hydrogen-bond donors (Lipinski definition) is 1. The summed E-state index contributed by atoms with van der Waals surface area (Å²) in [7, 11) is 1.58. The second-order valence-electron chi connectivity index (χ2n) is 5.95. The van der Waals surface area contributed by atoms with Crippen molar-refractivity contribution in [3.63, 3.8) is 0 Å². The minimum atomic E-state index is -0.481. The van der Waals surface area contributed by atoms with Crippen LogP contribution in [-0.4, -0.2) is 30.5 Å². The highest BCUT2D eigenvalue weighted by atomic mass is 16.5. The summed E-state index contributed by atoms with van der Waals surface area (Å²) in [4.78, 5) is 28.7. The molecule has 26 heavy (non-hydrogen) atoms. The summed E-state index contributed by atoms with van der Waals surface area (Å²) in [5.41, 5.74) is 4.16. The Bertz CT molecular complexity index is 1030.